The molecule has 2 amide bonds. The van der Waals surface area contributed by atoms with Crippen molar-refractivity contribution < 1.29 is 23.1 Å². The van der Waals surface area contributed by atoms with Crippen molar-refractivity contribution in [1.82, 2.24) is 5.32 Å². The molecule has 0 saturated carbocycles. The highest BCUT2D eigenvalue weighted by atomic mass is 19.3. The van der Waals surface area contributed by atoms with Gasteiger partial charge >= 0.3 is 6.61 Å². The van der Waals surface area contributed by atoms with Gasteiger partial charge in [-0.05, 0) is 17.7 Å². The van der Waals surface area contributed by atoms with Gasteiger partial charge in [0.15, 0.2) is 0 Å². The summed E-state index contributed by atoms with van der Waals surface area (Å²) in [4.78, 5) is 22.9. The summed E-state index contributed by atoms with van der Waals surface area (Å²) in [7, 11) is 0. The van der Waals surface area contributed by atoms with Crippen LogP contribution < -0.4 is 10.1 Å². The minimum absolute atomic E-state index is 0.0205. The highest BCUT2D eigenvalue weighted by molar-refractivity contribution is 5.99. The fourth-order valence-corrected chi connectivity index (χ4v) is 2.27. The lowest BCUT2D eigenvalue weighted by Crippen LogP contribution is -2.45. The highest BCUT2D eigenvalue weighted by Gasteiger charge is 2.37. The number of benzene rings is 1. The van der Waals surface area contributed by atoms with Crippen LogP contribution in [0.1, 0.15) is 25.3 Å². The first kappa shape index (κ1) is 13.5. The summed E-state index contributed by atoms with van der Waals surface area (Å²) in [5.41, 5.74) is -0.0603. The Morgan fingerprint density at radius 3 is 2.47 bits per heavy atom. The Hall–Kier alpha value is -1.98. The monoisotopic (exact) mass is 269 g/mol. The number of ether oxygens (including phenoxy) is 1. The van der Waals surface area contributed by atoms with Gasteiger partial charge in [0.2, 0.25) is 11.8 Å². The third kappa shape index (κ3) is 3.07. The van der Waals surface area contributed by atoms with Crippen LogP contribution >= 0.6 is 0 Å². The van der Waals surface area contributed by atoms with E-state index in [1.807, 2.05) is 0 Å². The smallest absolute Gasteiger partial charge is 0.387 e. The molecule has 0 spiro atoms. The number of carbonyl (C=O) groups excluding carboxylic acids is 2. The molecule has 6 heteroatoms. The van der Waals surface area contributed by atoms with Gasteiger partial charge in [-0.2, -0.15) is 8.78 Å². The summed E-state index contributed by atoms with van der Waals surface area (Å²) < 4.78 is 28.7. The lowest BCUT2D eigenvalue weighted by Gasteiger charge is -2.32. The average molecular weight is 269 g/mol. The lowest BCUT2D eigenvalue weighted by atomic mass is 9.74. The first-order chi connectivity index (χ1) is 8.89. The number of nitrogens with one attached hydrogen (secondary N) is 1. The molecule has 1 aromatic rings. The summed E-state index contributed by atoms with van der Waals surface area (Å²) in [5.74, 6) is -0.704. The van der Waals surface area contributed by atoms with E-state index in [9.17, 15) is 18.4 Å². The second kappa shape index (κ2) is 4.95. The van der Waals surface area contributed by atoms with Crippen LogP contribution in [0.5, 0.6) is 5.75 Å². The Labute approximate surface area is 108 Å². The van der Waals surface area contributed by atoms with E-state index in [1.54, 1.807) is 19.1 Å². The van der Waals surface area contributed by atoms with Crippen LogP contribution in [0.4, 0.5) is 8.78 Å². The zero-order valence-electron chi connectivity index (χ0n) is 10.3. The molecule has 0 bridgehead atoms. The Morgan fingerprint density at radius 1 is 1.26 bits per heavy atom. The summed E-state index contributed by atoms with van der Waals surface area (Å²) in [6.07, 6.45) is 0.272. The van der Waals surface area contributed by atoms with Crippen LogP contribution in [0.25, 0.3) is 0 Å². The van der Waals surface area contributed by atoms with Crippen molar-refractivity contribution in [3.63, 3.8) is 0 Å². The van der Waals surface area contributed by atoms with Crippen molar-refractivity contribution in [2.24, 2.45) is 0 Å². The molecular weight excluding hydrogens is 256 g/mol. The molecule has 0 unspecified atom stereocenters. The van der Waals surface area contributed by atoms with Gasteiger partial charge in [0.05, 0.1) is 0 Å². The summed E-state index contributed by atoms with van der Waals surface area (Å²) in [6.45, 7) is -1.15. The van der Waals surface area contributed by atoms with Crippen LogP contribution in [0.15, 0.2) is 24.3 Å². The van der Waals surface area contributed by atoms with E-state index in [2.05, 4.69) is 10.1 Å². The van der Waals surface area contributed by atoms with E-state index in [4.69, 9.17) is 0 Å². The standard InChI is InChI=1S/C13H13F2NO3/c1-13(6-10(17)16-11(18)7-13)8-3-2-4-9(5-8)19-12(14)15/h2-5,12H,6-7H2,1H3,(H,16,17,18). The molecule has 1 N–H and O–H groups in total. The van der Waals surface area contributed by atoms with E-state index >= 15 is 0 Å². The van der Waals surface area contributed by atoms with Gasteiger partial charge in [0.25, 0.3) is 0 Å². The quantitative estimate of drug-likeness (QED) is 0.854. The second-order valence-electron chi connectivity index (χ2n) is 4.79. The molecular formula is C13H13F2NO3. The first-order valence-electron chi connectivity index (χ1n) is 5.77. The fourth-order valence-electron chi connectivity index (χ4n) is 2.27. The molecule has 0 aliphatic carbocycles. The SMILES string of the molecule is CC1(c2cccc(OC(F)F)c2)CC(=O)NC(=O)C1. The number of alkyl halides is 2. The van der Waals surface area contributed by atoms with Crippen LogP contribution in [-0.4, -0.2) is 18.4 Å². The maximum absolute atomic E-state index is 12.2. The first-order valence-corrected chi connectivity index (χ1v) is 5.77. The third-order valence-corrected chi connectivity index (χ3v) is 3.14. The Bertz CT molecular complexity index is 500. The summed E-state index contributed by atoms with van der Waals surface area (Å²) >= 11 is 0. The molecule has 1 saturated heterocycles. The normalized spacial score (nSPS) is 18.3. The molecule has 19 heavy (non-hydrogen) atoms. The molecule has 1 aliphatic heterocycles. The number of hydrogen-bond acceptors (Lipinski definition) is 3. The molecule has 0 atom stereocenters. The summed E-state index contributed by atoms with van der Waals surface area (Å²) in [5, 5.41) is 2.22. The molecule has 1 aromatic carbocycles. The van der Waals surface area contributed by atoms with Crippen molar-refractivity contribution in [3.05, 3.63) is 29.8 Å². The van der Waals surface area contributed by atoms with Crippen molar-refractivity contribution >= 4 is 11.8 Å². The fraction of sp³-hybridized carbons (Fsp3) is 0.385. The zero-order chi connectivity index (χ0) is 14.0. The predicted molar refractivity (Wildman–Crippen MR) is 62.8 cm³/mol. The van der Waals surface area contributed by atoms with E-state index in [-0.39, 0.29) is 30.4 Å². The number of piperidine rings is 1. The van der Waals surface area contributed by atoms with Crippen LogP contribution in [0.2, 0.25) is 0 Å². The largest absolute Gasteiger partial charge is 0.435 e. The van der Waals surface area contributed by atoms with Crippen molar-refractivity contribution in [3.8, 4) is 5.75 Å². The molecule has 1 aliphatic rings. The summed E-state index contributed by atoms with van der Waals surface area (Å²) in [6, 6.07) is 6.11. The van der Waals surface area contributed by atoms with E-state index in [1.165, 1.54) is 12.1 Å². The Balaban J connectivity index is 2.29. The zero-order valence-corrected chi connectivity index (χ0v) is 10.3. The van der Waals surface area contributed by atoms with Gasteiger partial charge in [0, 0.05) is 18.3 Å². The van der Waals surface area contributed by atoms with E-state index in [0.717, 1.165) is 0 Å². The Morgan fingerprint density at radius 2 is 1.89 bits per heavy atom. The predicted octanol–water partition coefficient (Wildman–Crippen LogP) is 1.98. The number of amides is 2. The molecule has 1 heterocycles. The lowest BCUT2D eigenvalue weighted by molar-refractivity contribution is -0.135. The van der Waals surface area contributed by atoms with Gasteiger partial charge in [-0.3, -0.25) is 14.9 Å². The topological polar surface area (TPSA) is 55.4 Å². The molecule has 2 rings (SSSR count). The molecule has 0 radical (unpaired) electrons. The Kier molecular flexibility index (Phi) is 3.50. The van der Waals surface area contributed by atoms with Crippen LogP contribution in [-0.2, 0) is 15.0 Å². The highest BCUT2D eigenvalue weighted by Crippen LogP contribution is 2.35. The van der Waals surface area contributed by atoms with Gasteiger partial charge in [-0.15, -0.1) is 0 Å². The number of halogens is 2. The van der Waals surface area contributed by atoms with Crippen LogP contribution in [0, 0.1) is 0 Å². The number of rotatable bonds is 3. The van der Waals surface area contributed by atoms with Crippen LogP contribution in [0.3, 0.4) is 0 Å². The van der Waals surface area contributed by atoms with Gasteiger partial charge in [0.1, 0.15) is 5.75 Å². The number of hydrogen-bond donors (Lipinski definition) is 1. The molecule has 102 valence electrons. The van der Waals surface area contributed by atoms with E-state index in [0.29, 0.717) is 5.56 Å². The average Bonchev–Trinajstić information content (AvgIpc) is 2.26. The van der Waals surface area contributed by atoms with E-state index < -0.39 is 12.0 Å². The van der Waals surface area contributed by atoms with Crippen molar-refractivity contribution in [2.45, 2.75) is 31.8 Å². The molecule has 0 aromatic heterocycles. The maximum atomic E-state index is 12.2. The minimum atomic E-state index is -2.90. The van der Waals surface area contributed by atoms with Gasteiger partial charge in [-0.1, -0.05) is 19.1 Å². The van der Waals surface area contributed by atoms with Gasteiger partial charge < -0.3 is 4.74 Å². The van der Waals surface area contributed by atoms with Crippen molar-refractivity contribution in [2.75, 3.05) is 0 Å². The third-order valence-electron chi connectivity index (χ3n) is 3.14. The van der Waals surface area contributed by atoms with Crippen molar-refractivity contribution in [1.29, 1.82) is 0 Å². The number of carbonyl (C=O) groups is 2. The maximum Gasteiger partial charge on any atom is 0.387 e. The molecule has 4 nitrogen and oxygen atoms in total. The van der Waals surface area contributed by atoms with Gasteiger partial charge in [-0.25, -0.2) is 0 Å². The minimum Gasteiger partial charge on any atom is -0.435 e. The number of imide groups is 1. The molecule has 1 fully saturated rings. The second-order valence-corrected chi connectivity index (χ2v) is 4.79.